The first-order valence-electron chi connectivity index (χ1n) is 12.3. The number of nitrogens with zero attached hydrogens (tertiary/aromatic N) is 5. The van der Waals surface area contributed by atoms with Crippen LogP contribution >= 0.6 is 0 Å². The van der Waals surface area contributed by atoms with E-state index in [1.807, 2.05) is 91.2 Å². The molecule has 4 aromatic heterocycles. The predicted molar refractivity (Wildman–Crippen MR) is 149 cm³/mol. The molecule has 38 heavy (non-hydrogen) atoms. The van der Waals surface area contributed by atoms with Gasteiger partial charge in [-0.05, 0) is 80.1 Å². The molecule has 0 saturated heterocycles. The molecule has 0 spiro atoms. The maximum atomic E-state index is 12.8. The average molecular weight is 500 g/mol. The third-order valence-electron chi connectivity index (χ3n) is 6.46. The van der Waals surface area contributed by atoms with Crippen LogP contribution in [0.15, 0.2) is 85.1 Å². The topological polar surface area (TPSA) is 112 Å². The molecule has 6 aromatic rings. The minimum atomic E-state index is -0.133. The van der Waals surface area contributed by atoms with Gasteiger partial charge in [0, 0.05) is 40.8 Å². The van der Waals surface area contributed by atoms with E-state index in [1.165, 1.54) is 0 Å². The highest BCUT2D eigenvalue weighted by molar-refractivity contribution is 5.98. The molecule has 8 nitrogen and oxygen atoms in total. The molecule has 186 valence electrons. The smallest absolute Gasteiger partial charge is 0.251 e. The molecule has 0 radical (unpaired) electrons. The van der Waals surface area contributed by atoms with Crippen LogP contribution in [0.3, 0.4) is 0 Å². The molecule has 1 amide bonds. The van der Waals surface area contributed by atoms with Crippen molar-refractivity contribution in [2.45, 2.75) is 20.4 Å². The van der Waals surface area contributed by atoms with Gasteiger partial charge in [-0.1, -0.05) is 18.2 Å². The second kappa shape index (κ2) is 9.40. The van der Waals surface area contributed by atoms with Gasteiger partial charge in [0.2, 0.25) is 0 Å². The van der Waals surface area contributed by atoms with Gasteiger partial charge in [0.1, 0.15) is 11.3 Å². The van der Waals surface area contributed by atoms with Crippen molar-refractivity contribution in [3.05, 3.63) is 108 Å². The van der Waals surface area contributed by atoms with Gasteiger partial charge in [0.15, 0.2) is 11.5 Å². The summed E-state index contributed by atoms with van der Waals surface area (Å²) in [6.45, 7) is 4.30. The Morgan fingerprint density at radius 2 is 1.63 bits per heavy atom. The first kappa shape index (κ1) is 23.3. The number of nitrogens with two attached hydrogens (primary N) is 1. The summed E-state index contributed by atoms with van der Waals surface area (Å²) in [5.74, 6) is 0.941. The Labute approximate surface area is 219 Å². The number of rotatable bonds is 5. The van der Waals surface area contributed by atoms with Crippen molar-refractivity contribution < 1.29 is 4.79 Å². The molecule has 0 atom stereocenters. The van der Waals surface area contributed by atoms with Crippen LogP contribution in [0.4, 0.5) is 5.82 Å². The van der Waals surface area contributed by atoms with Gasteiger partial charge in [0.25, 0.3) is 5.91 Å². The lowest BCUT2D eigenvalue weighted by atomic mass is 10.1. The van der Waals surface area contributed by atoms with Gasteiger partial charge in [0.05, 0.1) is 11.1 Å². The number of anilines is 1. The highest BCUT2D eigenvalue weighted by Crippen LogP contribution is 2.30. The van der Waals surface area contributed by atoms with Crippen LogP contribution in [-0.4, -0.2) is 30.4 Å². The van der Waals surface area contributed by atoms with Gasteiger partial charge in [-0.2, -0.15) is 0 Å². The number of aryl methyl sites for hydroxylation is 2. The Hall–Kier alpha value is -5.11. The van der Waals surface area contributed by atoms with Crippen LogP contribution in [0.2, 0.25) is 0 Å². The predicted octanol–water partition coefficient (Wildman–Crippen LogP) is 5.16. The SMILES string of the molecule is Cc1ccc2cc(C(=O)NCc3ccc(-n4c(-c5cccnc5N)nc5ccc(C)nc54)cc3)ccc2n1. The Balaban J connectivity index is 1.27. The summed E-state index contributed by atoms with van der Waals surface area (Å²) >= 11 is 0. The molecular weight excluding hydrogens is 474 g/mol. The molecule has 3 N–H and O–H groups in total. The van der Waals surface area contributed by atoms with Crippen molar-refractivity contribution in [2.24, 2.45) is 0 Å². The lowest BCUT2D eigenvalue weighted by Gasteiger charge is -2.12. The maximum Gasteiger partial charge on any atom is 0.251 e. The molecule has 0 aliphatic heterocycles. The van der Waals surface area contributed by atoms with Gasteiger partial charge in [-0.3, -0.25) is 14.3 Å². The van der Waals surface area contributed by atoms with E-state index in [4.69, 9.17) is 15.7 Å². The fraction of sp³-hybridized carbons (Fsp3) is 0.100. The summed E-state index contributed by atoms with van der Waals surface area (Å²) < 4.78 is 1.99. The zero-order valence-corrected chi connectivity index (χ0v) is 21.0. The van der Waals surface area contributed by atoms with Gasteiger partial charge < -0.3 is 11.1 Å². The first-order valence-corrected chi connectivity index (χ1v) is 12.3. The quantitative estimate of drug-likeness (QED) is 0.339. The number of hydrogen-bond acceptors (Lipinski definition) is 6. The molecule has 0 aliphatic rings. The molecule has 4 heterocycles. The number of nitrogens with one attached hydrogen (secondary N) is 1. The first-order chi connectivity index (χ1) is 18.5. The van der Waals surface area contributed by atoms with E-state index in [2.05, 4.69) is 15.3 Å². The van der Waals surface area contributed by atoms with E-state index < -0.39 is 0 Å². The monoisotopic (exact) mass is 499 g/mol. The molecule has 8 heteroatoms. The third kappa shape index (κ3) is 4.32. The summed E-state index contributed by atoms with van der Waals surface area (Å²) in [6.07, 6.45) is 1.66. The summed E-state index contributed by atoms with van der Waals surface area (Å²) in [5.41, 5.74) is 13.6. The van der Waals surface area contributed by atoms with Crippen molar-refractivity contribution in [2.75, 3.05) is 5.73 Å². The van der Waals surface area contributed by atoms with Gasteiger partial charge >= 0.3 is 0 Å². The number of amides is 1. The Kier molecular flexibility index (Phi) is 5.76. The number of nitrogen functional groups attached to an aromatic ring is 1. The van der Waals surface area contributed by atoms with Gasteiger partial charge in [-0.25, -0.2) is 15.0 Å². The summed E-state index contributed by atoms with van der Waals surface area (Å²) in [7, 11) is 0. The van der Waals surface area contributed by atoms with Crippen molar-refractivity contribution in [3.8, 4) is 17.1 Å². The van der Waals surface area contributed by atoms with Crippen LogP contribution in [-0.2, 0) is 6.54 Å². The number of pyridine rings is 3. The molecular formula is C30H25N7O. The standard InChI is InChI=1S/C30H25N7O/c1-18-5-9-21-16-22(10-14-25(21)34-18)30(38)33-17-20-7-11-23(12-8-20)37-28(24-4-3-15-32-27(24)31)36-26-13-6-19(2)35-29(26)37/h3-16H,17H2,1-2H3,(H2,31,32)(H,33,38). The highest BCUT2D eigenvalue weighted by atomic mass is 16.1. The molecule has 6 rings (SSSR count). The Morgan fingerprint density at radius 3 is 2.45 bits per heavy atom. The number of carbonyl (C=O) groups is 1. The van der Waals surface area contributed by atoms with E-state index >= 15 is 0 Å². The lowest BCUT2D eigenvalue weighted by Crippen LogP contribution is -2.22. The zero-order valence-electron chi connectivity index (χ0n) is 21.0. The van der Waals surface area contributed by atoms with Crippen LogP contribution in [0.5, 0.6) is 0 Å². The molecule has 2 aromatic carbocycles. The third-order valence-corrected chi connectivity index (χ3v) is 6.46. The highest BCUT2D eigenvalue weighted by Gasteiger charge is 2.18. The molecule has 0 fully saturated rings. The largest absolute Gasteiger partial charge is 0.383 e. The fourth-order valence-corrected chi connectivity index (χ4v) is 4.50. The second-order valence-corrected chi connectivity index (χ2v) is 9.21. The van der Waals surface area contributed by atoms with E-state index in [0.29, 0.717) is 23.8 Å². The summed E-state index contributed by atoms with van der Waals surface area (Å²) in [4.78, 5) is 31.1. The van der Waals surface area contributed by atoms with Crippen LogP contribution in [0.25, 0.3) is 39.1 Å². The molecule has 0 bridgehead atoms. The van der Waals surface area contributed by atoms with E-state index in [-0.39, 0.29) is 5.91 Å². The van der Waals surface area contributed by atoms with E-state index in [9.17, 15) is 4.79 Å². The molecule has 0 unspecified atom stereocenters. The summed E-state index contributed by atoms with van der Waals surface area (Å²) in [6, 6.07) is 25.1. The summed E-state index contributed by atoms with van der Waals surface area (Å²) in [5, 5.41) is 3.95. The second-order valence-electron chi connectivity index (χ2n) is 9.21. The van der Waals surface area contributed by atoms with Gasteiger partial charge in [-0.15, -0.1) is 0 Å². The Bertz CT molecular complexity index is 1820. The number of fused-ring (bicyclic) bond motifs is 2. The number of imidazole rings is 1. The van der Waals surface area contributed by atoms with Crippen LogP contribution < -0.4 is 11.1 Å². The van der Waals surface area contributed by atoms with Crippen molar-refractivity contribution in [1.82, 2.24) is 29.8 Å². The maximum absolute atomic E-state index is 12.8. The molecule has 0 saturated carbocycles. The minimum absolute atomic E-state index is 0.133. The fourth-order valence-electron chi connectivity index (χ4n) is 4.50. The van der Waals surface area contributed by atoms with Crippen molar-refractivity contribution >= 4 is 33.8 Å². The number of benzene rings is 2. The normalized spacial score (nSPS) is 11.2. The van der Waals surface area contributed by atoms with Crippen LogP contribution in [0, 0.1) is 13.8 Å². The van der Waals surface area contributed by atoms with Crippen molar-refractivity contribution in [1.29, 1.82) is 0 Å². The zero-order chi connectivity index (χ0) is 26.2. The minimum Gasteiger partial charge on any atom is -0.383 e. The van der Waals surface area contributed by atoms with E-state index in [1.54, 1.807) is 12.3 Å². The average Bonchev–Trinajstić information content (AvgIpc) is 3.30. The van der Waals surface area contributed by atoms with E-state index in [0.717, 1.165) is 50.3 Å². The lowest BCUT2D eigenvalue weighted by molar-refractivity contribution is 0.0951. The number of carbonyl (C=O) groups excluding carboxylic acids is 1. The molecule has 0 aliphatic carbocycles. The number of aromatic nitrogens is 5. The van der Waals surface area contributed by atoms with Crippen LogP contribution in [0.1, 0.15) is 27.3 Å². The van der Waals surface area contributed by atoms with Crippen molar-refractivity contribution in [3.63, 3.8) is 0 Å². The Morgan fingerprint density at radius 1 is 0.868 bits per heavy atom. The number of hydrogen-bond donors (Lipinski definition) is 2.